The summed E-state index contributed by atoms with van der Waals surface area (Å²) < 4.78 is 16.9. The third-order valence-electron chi connectivity index (χ3n) is 5.16. The van der Waals surface area contributed by atoms with E-state index in [2.05, 4.69) is 0 Å². The number of benzene rings is 2. The number of likely N-dealkylation sites (tertiary alicyclic amines) is 1. The van der Waals surface area contributed by atoms with Crippen molar-refractivity contribution in [1.82, 2.24) is 4.90 Å². The largest absolute Gasteiger partial charge is 0.497 e. The molecule has 1 N–H and O–H groups in total. The molecule has 0 aliphatic carbocycles. The van der Waals surface area contributed by atoms with Gasteiger partial charge in [-0.25, -0.2) is 0 Å². The van der Waals surface area contributed by atoms with Gasteiger partial charge in [-0.3, -0.25) is 9.69 Å². The Kier molecular flexibility index (Phi) is 6.41. The Morgan fingerprint density at radius 3 is 2.61 bits per heavy atom. The number of ether oxygens (including phenoxy) is 3. The van der Waals surface area contributed by atoms with Crippen LogP contribution in [0.2, 0.25) is 0 Å². The van der Waals surface area contributed by atoms with Gasteiger partial charge >= 0.3 is 5.97 Å². The molecule has 2 aromatic rings. The lowest BCUT2D eigenvalue weighted by Gasteiger charge is -2.33. The molecule has 0 aromatic heterocycles. The monoisotopic (exact) mass is 385 g/mol. The van der Waals surface area contributed by atoms with Gasteiger partial charge in [-0.1, -0.05) is 18.2 Å². The van der Waals surface area contributed by atoms with E-state index in [0.717, 1.165) is 23.3 Å². The van der Waals surface area contributed by atoms with Crippen molar-refractivity contribution in [2.75, 3.05) is 27.4 Å². The van der Waals surface area contributed by atoms with Gasteiger partial charge in [0, 0.05) is 17.7 Å². The summed E-state index contributed by atoms with van der Waals surface area (Å²) >= 11 is 0. The third-order valence-corrected chi connectivity index (χ3v) is 5.16. The first-order chi connectivity index (χ1) is 13.6. The molecule has 0 bridgehead atoms. The molecule has 2 unspecified atom stereocenters. The Labute approximate surface area is 165 Å². The van der Waals surface area contributed by atoms with E-state index >= 15 is 0 Å². The number of aliphatic carboxylic acids is 1. The molecule has 2 atom stereocenters. The van der Waals surface area contributed by atoms with Crippen molar-refractivity contribution < 1.29 is 24.1 Å². The van der Waals surface area contributed by atoms with Gasteiger partial charge in [0.05, 0.1) is 26.9 Å². The first-order valence-electron chi connectivity index (χ1n) is 9.52. The van der Waals surface area contributed by atoms with Crippen LogP contribution in [0, 0.1) is 0 Å². The Hall–Kier alpha value is -2.73. The quantitative estimate of drug-likeness (QED) is 0.747. The molecule has 28 heavy (non-hydrogen) atoms. The maximum atomic E-state index is 11.9. The molecule has 6 nitrogen and oxygen atoms in total. The van der Waals surface area contributed by atoms with E-state index in [0.29, 0.717) is 31.1 Å². The summed E-state index contributed by atoms with van der Waals surface area (Å²) in [4.78, 5) is 14.0. The molecule has 0 amide bonds. The Morgan fingerprint density at radius 1 is 1.14 bits per heavy atom. The number of hydrogen-bond acceptors (Lipinski definition) is 5. The number of rotatable bonds is 8. The van der Waals surface area contributed by atoms with Gasteiger partial charge < -0.3 is 19.3 Å². The smallest absolute Gasteiger partial charge is 0.320 e. The zero-order valence-corrected chi connectivity index (χ0v) is 16.6. The van der Waals surface area contributed by atoms with E-state index in [1.807, 2.05) is 54.3 Å². The van der Waals surface area contributed by atoms with Crippen LogP contribution in [-0.2, 0) is 4.79 Å². The van der Waals surface area contributed by atoms with Crippen LogP contribution in [0.4, 0.5) is 0 Å². The normalized spacial score (nSPS) is 17.9. The molecule has 150 valence electrons. The number of nitrogens with zero attached hydrogens (tertiary/aromatic N) is 1. The number of carboxylic acid groups (broad SMARTS) is 1. The van der Waals surface area contributed by atoms with Gasteiger partial charge in [-0.15, -0.1) is 0 Å². The van der Waals surface area contributed by atoms with Crippen molar-refractivity contribution in [2.24, 2.45) is 0 Å². The minimum atomic E-state index is -0.807. The summed E-state index contributed by atoms with van der Waals surface area (Å²) in [6.45, 7) is 3.15. The predicted octanol–water partition coefficient (Wildman–Crippen LogP) is 3.74. The van der Waals surface area contributed by atoms with Crippen molar-refractivity contribution >= 4 is 5.97 Å². The summed E-state index contributed by atoms with van der Waals surface area (Å²) in [7, 11) is 3.24. The highest BCUT2D eigenvalue weighted by Crippen LogP contribution is 2.43. The van der Waals surface area contributed by atoms with Crippen molar-refractivity contribution in [1.29, 1.82) is 0 Å². The van der Waals surface area contributed by atoms with Crippen LogP contribution in [0.3, 0.4) is 0 Å². The summed E-state index contributed by atoms with van der Waals surface area (Å²) in [5, 5.41) is 9.80. The van der Waals surface area contributed by atoms with Gasteiger partial charge in [0.1, 0.15) is 23.3 Å². The first kappa shape index (κ1) is 20.0. The molecule has 2 aromatic carbocycles. The zero-order valence-electron chi connectivity index (χ0n) is 16.6. The molecule has 6 heteroatoms. The molecule has 1 aliphatic heterocycles. The van der Waals surface area contributed by atoms with Crippen LogP contribution in [0.15, 0.2) is 42.5 Å². The average Bonchev–Trinajstić information content (AvgIpc) is 3.19. The maximum absolute atomic E-state index is 11.9. The molecule has 3 rings (SSSR count). The number of carboxylic acids is 1. The Balaban J connectivity index is 2.20. The van der Waals surface area contributed by atoms with Gasteiger partial charge in [0.15, 0.2) is 0 Å². The Morgan fingerprint density at radius 2 is 1.93 bits per heavy atom. The van der Waals surface area contributed by atoms with Crippen LogP contribution in [0.5, 0.6) is 17.2 Å². The van der Waals surface area contributed by atoms with E-state index in [1.54, 1.807) is 14.2 Å². The lowest BCUT2D eigenvalue weighted by atomic mass is 9.94. The van der Waals surface area contributed by atoms with Crippen molar-refractivity contribution in [3.63, 3.8) is 0 Å². The van der Waals surface area contributed by atoms with Gasteiger partial charge in [0.25, 0.3) is 0 Å². The van der Waals surface area contributed by atoms with Crippen LogP contribution in [0.25, 0.3) is 0 Å². The number of carbonyl (C=O) groups is 1. The lowest BCUT2D eigenvalue weighted by molar-refractivity contribution is -0.142. The molecule has 1 aliphatic rings. The van der Waals surface area contributed by atoms with E-state index in [9.17, 15) is 9.90 Å². The number of hydrogen-bond donors (Lipinski definition) is 1. The molecular weight excluding hydrogens is 358 g/mol. The maximum Gasteiger partial charge on any atom is 0.320 e. The van der Waals surface area contributed by atoms with Crippen LogP contribution in [0.1, 0.15) is 36.9 Å². The van der Waals surface area contributed by atoms with Crippen molar-refractivity contribution in [3.8, 4) is 17.2 Å². The lowest BCUT2D eigenvalue weighted by Crippen LogP contribution is -2.39. The van der Waals surface area contributed by atoms with Crippen LogP contribution in [-0.4, -0.2) is 49.4 Å². The van der Waals surface area contributed by atoms with Gasteiger partial charge in [-0.2, -0.15) is 0 Å². The zero-order chi connectivity index (χ0) is 20.1. The molecule has 0 spiro atoms. The van der Waals surface area contributed by atoms with E-state index < -0.39 is 12.0 Å². The van der Waals surface area contributed by atoms with E-state index in [4.69, 9.17) is 14.2 Å². The van der Waals surface area contributed by atoms with Crippen molar-refractivity contribution in [2.45, 2.75) is 31.8 Å². The van der Waals surface area contributed by atoms with Gasteiger partial charge in [0.2, 0.25) is 0 Å². The van der Waals surface area contributed by atoms with E-state index in [-0.39, 0.29) is 6.04 Å². The first-order valence-corrected chi connectivity index (χ1v) is 9.52. The van der Waals surface area contributed by atoms with Crippen molar-refractivity contribution in [3.05, 3.63) is 53.6 Å². The fourth-order valence-electron chi connectivity index (χ4n) is 3.93. The minimum Gasteiger partial charge on any atom is -0.497 e. The topological polar surface area (TPSA) is 68.2 Å². The number of methoxy groups -OCH3 is 2. The fourth-order valence-corrected chi connectivity index (χ4v) is 3.93. The van der Waals surface area contributed by atoms with Crippen LogP contribution >= 0.6 is 0 Å². The molecule has 1 saturated heterocycles. The highest BCUT2D eigenvalue weighted by molar-refractivity contribution is 5.74. The SMILES string of the molecule is CCOc1ccccc1C(c1cc(OC)ccc1OC)N1CCCC1C(=O)O. The fraction of sp³-hybridized carbons (Fsp3) is 0.409. The molecular formula is C22H27NO5. The van der Waals surface area contributed by atoms with E-state index in [1.165, 1.54) is 0 Å². The molecule has 1 heterocycles. The summed E-state index contributed by atoms with van der Waals surface area (Å²) in [5.41, 5.74) is 1.78. The van der Waals surface area contributed by atoms with Gasteiger partial charge in [-0.05, 0) is 44.0 Å². The summed E-state index contributed by atoms with van der Waals surface area (Å²) in [6.07, 6.45) is 1.45. The number of para-hydroxylation sites is 1. The van der Waals surface area contributed by atoms with Crippen LogP contribution < -0.4 is 14.2 Å². The molecule has 1 fully saturated rings. The Bertz CT molecular complexity index is 822. The summed E-state index contributed by atoms with van der Waals surface area (Å²) in [6, 6.07) is 12.5. The highest BCUT2D eigenvalue weighted by Gasteiger charge is 2.39. The second-order valence-electron chi connectivity index (χ2n) is 6.72. The molecule has 0 radical (unpaired) electrons. The minimum absolute atomic E-state index is 0.323. The average molecular weight is 385 g/mol. The second kappa shape index (κ2) is 8.97. The molecule has 0 saturated carbocycles. The standard InChI is InChI=1S/C22H27NO5/c1-4-28-20-10-6-5-8-16(20)21(23-13-7-9-18(23)22(24)25)17-14-15(26-2)11-12-19(17)27-3/h5-6,8,10-12,14,18,21H,4,7,9,13H2,1-3H3,(H,24,25). The third kappa shape index (κ3) is 3.92. The second-order valence-corrected chi connectivity index (χ2v) is 6.72. The summed E-state index contributed by atoms with van der Waals surface area (Å²) in [5.74, 6) is 1.32. The predicted molar refractivity (Wildman–Crippen MR) is 106 cm³/mol. The highest BCUT2D eigenvalue weighted by atomic mass is 16.5.